The number of aliphatic carboxylic acids is 2. The van der Waals surface area contributed by atoms with Crippen molar-refractivity contribution in [1.82, 2.24) is 16.0 Å². The fourth-order valence-electron chi connectivity index (χ4n) is 1.75. The molecule has 3 unspecified atom stereocenters. The molecule has 11 heteroatoms. The quantitative estimate of drug-likeness (QED) is 0.249. The Morgan fingerprint density at radius 1 is 0.880 bits per heavy atom. The number of amides is 3. The molecule has 0 rings (SSSR count). The van der Waals surface area contributed by atoms with Gasteiger partial charge in [-0.15, -0.1) is 0 Å². The van der Waals surface area contributed by atoms with Gasteiger partial charge in [-0.25, -0.2) is 0 Å². The minimum atomic E-state index is -1.31. The van der Waals surface area contributed by atoms with Gasteiger partial charge in [0.2, 0.25) is 17.7 Å². The molecule has 0 aromatic rings. The lowest BCUT2D eigenvalue weighted by Gasteiger charge is -2.24. The molecule has 0 saturated carbocycles. The van der Waals surface area contributed by atoms with Crippen molar-refractivity contribution < 1.29 is 34.2 Å². The predicted molar refractivity (Wildman–Crippen MR) is 85.2 cm³/mol. The van der Waals surface area contributed by atoms with Crippen molar-refractivity contribution in [3.63, 3.8) is 0 Å². The van der Waals surface area contributed by atoms with Gasteiger partial charge >= 0.3 is 11.9 Å². The number of rotatable bonds is 10. The van der Waals surface area contributed by atoms with Crippen LogP contribution in [0.25, 0.3) is 0 Å². The minimum Gasteiger partial charge on any atom is -0.481 e. The summed E-state index contributed by atoms with van der Waals surface area (Å²) >= 11 is 0. The summed E-state index contributed by atoms with van der Waals surface area (Å²) < 4.78 is 0. The first-order valence-corrected chi connectivity index (χ1v) is 7.53. The molecule has 7 N–H and O–H groups in total. The van der Waals surface area contributed by atoms with Crippen molar-refractivity contribution in [2.24, 2.45) is 11.7 Å². The maximum absolute atomic E-state index is 12.1. The molecule has 142 valence electrons. The highest BCUT2D eigenvalue weighted by atomic mass is 16.4. The van der Waals surface area contributed by atoms with Crippen molar-refractivity contribution in [2.75, 3.05) is 6.54 Å². The molecule has 0 heterocycles. The molecule has 0 aliphatic carbocycles. The van der Waals surface area contributed by atoms with Gasteiger partial charge in [0.1, 0.15) is 18.6 Å². The zero-order chi connectivity index (χ0) is 19.7. The minimum absolute atomic E-state index is 0.338. The lowest BCUT2D eigenvalue weighted by atomic mass is 10.0. The number of hydrogen-bond acceptors (Lipinski definition) is 6. The Balaban J connectivity index is 4.73. The van der Waals surface area contributed by atoms with Gasteiger partial charge in [-0.2, -0.15) is 0 Å². The largest absolute Gasteiger partial charge is 0.481 e. The van der Waals surface area contributed by atoms with E-state index in [0.717, 1.165) is 0 Å². The van der Waals surface area contributed by atoms with E-state index in [9.17, 15) is 24.0 Å². The molecular formula is C14H24N4O7. The van der Waals surface area contributed by atoms with E-state index in [4.69, 9.17) is 15.9 Å². The zero-order valence-electron chi connectivity index (χ0n) is 14.2. The number of nitrogens with one attached hydrogen (secondary N) is 3. The van der Waals surface area contributed by atoms with Crippen molar-refractivity contribution in [2.45, 2.75) is 45.3 Å². The Hall–Kier alpha value is -2.69. The van der Waals surface area contributed by atoms with E-state index in [0.29, 0.717) is 0 Å². The summed E-state index contributed by atoms with van der Waals surface area (Å²) in [6.07, 6.45) is -0.591. The predicted octanol–water partition coefficient (Wildman–Crippen LogP) is -2.37. The summed E-state index contributed by atoms with van der Waals surface area (Å²) in [7, 11) is 0. The molecule has 25 heavy (non-hydrogen) atoms. The van der Waals surface area contributed by atoms with Gasteiger partial charge in [-0.3, -0.25) is 24.0 Å². The topological polar surface area (TPSA) is 188 Å². The average molecular weight is 360 g/mol. The number of carboxylic acid groups (broad SMARTS) is 2. The van der Waals surface area contributed by atoms with Gasteiger partial charge in [-0.05, 0) is 12.8 Å². The van der Waals surface area contributed by atoms with Crippen LogP contribution < -0.4 is 21.7 Å². The second-order valence-corrected chi connectivity index (χ2v) is 5.78. The molecule has 0 aliphatic heterocycles. The molecule has 0 aliphatic rings. The summed E-state index contributed by atoms with van der Waals surface area (Å²) in [5, 5.41) is 24.0. The highest BCUT2D eigenvalue weighted by Gasteiger charge is 2.28. The van der Waals surface area contributed by atoms with Crippen molar-refractivity contribution in [3.05, 3.63) is 0 Å². The molecule has 0 aromatic heterocycles. The third-order valence-corrected chi connectivity index (χ3v) is 3.14. The summed E-state index contributed by atoms with van der Waals surface area (Å²) in [4.78, 5) is 56.7. The van der Waals surface area contributed by atoms with Crippen LogP contribution >= 0.6 is 0 Å². The van der Waals surface area contributed by atoms with Crippen LogP contribution in [0.15, 0.2) is 0 Å². The monoisotopic (exact) mass is 360 g/mol. The second-order valence-electron chi connectivity index (χ2n) is 5.78. The smallest absolute Gasteiger partial charge is 0.322 e. The van der Waals surface area contributed by atoms with Crippen LogP contribution in [0.4, 0.5) is 0 Å². The number of nitrogens with two attached hydrogens (primary N) is 1. The van der Waals surface area contributed by atoms with E-state index in [1.807, 2.05) is 0 Å². The van der Waals surface area contributed by atoms with Crippen LogP contribution in [0.2, 0.25) is 0 Å². The third kappa shape index (κ3) is 8.65. The maximum Gasteiger partial charge on any atom is 0.322 e. The molecule has 0 spiro atoms. The molecule has 0 saturated heterocycles. The lowest BCUT2D eigenvalue weighted by Crippen LogP contribution is -2.56. The summed E-state index contributed by atoms with van der Waals surface area (Å²) in [6, 6.07) is -3.38. The molecule has 0 radical (unpaired) electrons. The van der Waals surface area contributed by atoms with Crippen LogP contribution in [-0.4, -0.2) is 64.5 Å². The third-order valence-electron chi connectivity index (χ3n) is 3.14. The van der Waals surface area contributed by atoms with E-state index >= 15 is 0 Å². The fourth-order valence-corrected chi connectivity index (χ4v) is 1.75. The Morgan fingerprint density at radius 3 is 1.88 bits per heavy atom. The standard InChI is InChI=1S/C14H24N4O7/c1-6(2)11(14(25)16-5-10(21)22)18-12(23)7(3)17-13(24)8(15)4-9(19)20/h6-8,11H,4-5,15H2,1-3H3,(H,16,25)(H,17,24)(H,18,23)(H,19,20)(H,21,22). The second kappa shape index (κ2) is 10.2. The maximum atomic E-state index is 12.1. The van der Waals surface area contributed by atoms with Gasteiger partial charge in [0.05, 0.1) is 12.5 Å². The van der Waals surface area contributed by atoms with E-state index in [2.05, 4.69) is 16.0 Å². The van der Waals surface area contributed by atoms with Crippen LogP contribution in [0.5, 0.6) is 0 Å². The Bertz CT molecular complexity index is 535. The van der Waals surface area contributed by atoms with Crippen LogP contribution in [0, 0.1) is 5.92 Å². The van der Waals surface area contributed by atoms with E-state index in [1.165, 1.54) is 6.92 Å². The van der Waals surface area contributed by atoms with Crippen LogP contribution in [0.1, 0.15) is 27.2 Å². The van der Waals surface area contributed by atoms with Crippen molar-refractivity contribution >= 4 is 29.7 Å². The molecule has 3 atom stereocenters. The molecule has 0 aromatic carbocycles. The van der Waals surface area contributed by atoms with E-state index < -0.39 is 60.8 Å². The molecular weight excluding hydrogens is 336 g/mol. The first kappa shape index (κ1) is 22.3. The first-order valence-electron chi connectivity index (χ1n) is 7.53. The van der Waals surface area contributed by atoms with Gasteiger partial charge in [0.15, 0.2) is 0 Å². The van der Waals surface area contributed by atoms with Crippen molar-refractivity contribution in [1.29, 1.82) is 0 Å². The molecule has 11 nitrogen and oxygen atoms in total. The lowest BCUT2D eigenvalue weighted by molar-refractivity contribution is -0.139. The average Bonchev–Trinajstić information content (AvgIpc) is 2.48. The first-order chi connectivity index (χ1) is 11.5. The Labute approximate surface area is 144 Å². The van der Waals surface area contributed by atoms with Gasteiger partial charge in [-0.1, -0.05) is 13.8 Å². The van der Waals surface area contributed by atoms with E-state index in [-0.39, 0.29) is 5.92 Å². The fraction of sp³-hybridized carbons (Fsp3) is 0.643. The number of hydrogen-bond donors (Lipinski definition) is 6. The van der Waals surface area contributed by atoms with Gasteiger partial charge < -0.3 is 31.9 Å². The zero-order valence-corrected chi connectivity index (χ0v) is 14.2. The van der Waals surface area contributed by atoms with Crippen LogP contribution in [-0.2, 0) is 24.0 Å². The number of carbonyl (C=O) groups excluding carboxylic acids is 3. The SMILES string of the molecule is CC(NC(=O)C(N)CC(=O)O)C(=O)NC(C(=O)NCC(=O)O)C(C)C. The Kier molecular flexibility index (Phi) is 9.13. The molecule has 0 fully saturated rings. The normalized spacial score (nSPS) is 14.1. The molecule has 0 bridgehead atoms. The summed E-state index contributed by atoms with van der Waals surface area (Å²) in [5.74, 6) is -5.01. The highest BCUT2D eigenvalue weighted by molar-refractivity contribution is 5.94. The van der Waals surface area contributed by atoms with Crippen LogP contribution in [0.3, 0.4) is 0 Å². The summed E-state index contributed by atoms with van der Waals surface area (Å²) in [6.45, 7) is 4.05. The Morgan fingerprint density at radius 2 is 1.44 bits per heavy atom. The van der Waals surface area contributed by atoms with Gasteiger partial charge in [0.25, 0.3) is 0 Å². The number of carbonyl (C=O) groups is 5. The van der Waals surface area contributed by atoms with Gasteiger partial charge in [0, 0.05) is 0 Å². The van der Waals surface area contributed by atoms with Crippen molar-refractivity contribution in [3.8, 4) is 0 Å². The highest BCUT2D eigenvalue weighted by Crippen LogP contribution is 2.02. The summed E-state index contributed by atoms with van der Waals surface area (Å²) in [5.41, 5.74) is 5.39. The number of carboxylic acids is 2. The van der Waals surface area contributed by atoms with E-state index in [1.54, 1.807) is 13.8 Å². The molecule has 3 amide bonds.